The van der Waals surface area contributed by atoms with Gasteiger partial charge < -0.3 is 14.8 Å². The fraction of sp³-hybridized carbons (Fsp3) is 0.368. The predicted octanol–water partition coefficient (Wildman–Crippen LogP) is 4.88. The number of benzene rings is 2. The highest BCUT2D eigenvalue weighted by Gasteiger charge is 2.03. The summed E-state index contributed by atoms with van der Waals surface area (Å²) >= 11 is 0. The lowest BCUT2D eigenvalue weighted by molar-refractivity contribution is 0.309. The number of ether oxygens (including phenoxy) is 2. The lowest BCUT2D eigenvalue weighted by atomic mass is 10.2. The van der Waals surface area contributed by atoms with Crippen molar-refractivity contribution in [2.24, 2.45) is 0 Å². The average molecular weight is 299 g/mol. The predicted molar refractivity (Wildman–Crippen MR) is 91.8 cm³/mol. The molecule has 0 bridgehead atoms. The van der Waals surface area contributed by atoms with E-state index in [0.717, 1.165) is 48.7 Å². The van der Waals surface area contributed by atoms with Crippen LogP contribution < -0.4 is 14.8 Å². The molecule has 22 heavy (non-hydrogen) atoms. The monoisotopic (exact) mass is 299 g/mol. The molecule has 0 heterocycles. The molecule has 1 N–H and O–H groups in total. The summed E-state index contributed by atoms with van der Waals surface area (Å²) in [5.41, 5.74) is 2.21. The van der Waals surface area contributed by atoms with Crippen LogP contribution in [0.25, 0.3) is 0 Å². The Bertz CT molecular complexity index is 569. The average Bonchev–Trinajstić information content (AvgIpc) is 2.55. The Labute approximate surface area is 133 Å². The van der Waals surface area contributed by atoms with Gasteiger partial charge in [0.25, 0.3) is 0 Å². The van der Waals surface area contributed by atoms with Crippen LogP contribution in [0.1, 0.15) is 32.3 Å². The second-order valence-electron chi connectivity index (χ2n) is 5.12. The molecule has 0 atom stereocenters. The van der Waals surface area contributed by atoms with Crippen LogP contribution in [-0.2, 0) is 6.54 Å². The first-order valence-corrected chi connectivity index (χ1v) is 8.01. The third-order valence-corrected chi connectivity index (χ3v) is 3.36. The van der Waals surface area contributed by atoms with E-state index < -0.39 is 0 Å². The molecular formula is C19H25NO2. The molecule has 0 saturated heterocycles. The molecule has 0 fully saturated rings. The van der Waals surface area contributed by atoms with Gasteiger partial charge >= 0.3 is 0 Å². The minimum absolute atomic E-state index is 0.678. The molecule has 0 aliphatic heterocycles. The van der Waals surface area contributed by atoms with Crippen molar-refractivity contribution in [2.75, 3.05) is 18.5 Å². The van der Waals surface area contributed by atoms with Crippen LogP contribution >= 0.6 is 0 Å². The molecule has 3 heteroatoms. The Kier molecular flexibility index (Phi) is 6.62. The van der Waals surface area contributed by atoms with E-state index in [1.807, 2.05) is 43.3 Å². The van der Waals surface area contributed by atoms with Crippen molar-refractivity contribution in [1.29, 1.82) is 0 Å². The lowest BCUT2D eigenvalue weighted by Crippen LogP contribution is -2.03. The van der Waals surface area contributed by atoms with Gasteiger partial charge in [-0.15, -0.1) is 0 Å². The minimum Gasteiger partial charge on any atom is -0.494 e. The van der Waals surface area contributed by atoms with Crippen molar-refractivity contribution in [1.82, 2.24) is 0 Å². The molecule has 0 spiro atoms. The maximum absolute atomic E-state index is 5.74. The number of rotatable bonds is 9. The number of anilines is 1. The first kappa shape index (κ1) is 16.2. The van der Waals surface area contributed by atoms with Crippen molar-refractivity contribution in [2.45, 2.75) is 33.2 Å². The quantitative estimate of drug-likeness (QED) is 0.670. The molecule has 2 rings (SSSR count). The van der Waals surface area contributed by atoms with Crippen LogP contribution in [0.5, 0.6) is 11.5 Å². The van der Waals surface area contributed by atoms with Crippen molar-refractivity contribution in [3.63, 3.8) is 0 Å². The summed E-state index contributed by atoms with van der Waals surface area (Å²) < 4.78 is 11.4. The van der Waals surface area contributed by atoms with Gasteiger partial charge in [0.1, 0.15) is 11.5 Å². The zero-order chi connectivity index (χ0) is 15.6. The zero-order valence-corrected chi connectivity index (χ0v) is 13.5. The first-order chi connectivity index (χ1) is 10.8. The van der Waals surface area contributed by atoms with E-state index in [0.29, 0.717) is 6.61 Å². The van der Waals surface area contributed by atoms with Crippen molar-refractivity contribution >= 4 is 5.69 Å². The second kappa shape index (κ2) is 8.98. The third kappa shape index (κ3) is 4.99. The molecule has 0 radical (unpaired) electrons. The highest BCUT2D eigenvalue weighted by Crippen LogP contribution is 2.22. The van der Waals surface area contributed by atoms with Gasteiger partial charge in [0.15, 0.2) is 0 Å². The number of hydrogen-bond acceptors (Lipinski definition) is 3. The number of hydrogen-bond donors (Lipinski definition) is 1. The van der Waals surface area contributed by atoms with Crippen molar-refractivity contribution < 1.29 is 9.47 Å². The summed E-state index contributed by atoms with van der Waals surface area (Å²) in [7, 11) is 0. The molecule has 0 amide bonds. The number of para-hydroxylation sites is 1. The van der Waals surface area contributed by atoms with Gasteiger partial charge in [-0.05, 0) is 31.5 Å². The number of nitrogens with one attached hydrogen (secondary N) is 1. The summed E-state index contributed by atoms with van der Waals surface area (Å²) in [6.45, 7) is 6.35. The van der Waals surface area contributed by atoms with Gasteiger partial charge in [0.2, 0.25) is 0 Å². The van der Waals surface area contributed by atoms with Gasteiger partial charge in [0.05, 0.1) is 13.2 Å². The molecule has 2 aromatic carbocycles. The molecule has 0 saturated carbocycles. The largest absolute Gasteiger partial charge is 0.494 e. The summed E-state index contributed by atoms with van der Waals surface area (Å²) in [5.74, 6) is 1.85. The SMILES string of the molecule is CCCCOc1cccc(NCc2ccccc2OCC)c1. The van der Waals surface area contributed by atoms with Gasteiger partial charge in [0, 0.05) is 23.9 Å². The number of unbranched alkanes of at least 4 members (excludes halogenated alkanes) is 1. The summed E-state index contributed by atoms with van der Waals surface area (Å²) in [6, 6.07) is 16.2. The Balaban J connectivity index is 1.95. The Hall–Kier alpha value is -2.16. The molecule has 2 aromatic rings. The van der Waals surface area contributed by atoms with E-state index in [1.54, 1.807) is 0 Å². The summed E-state index contributed by atoms with van der Waals surface area (Å²) in [4.78, 5) is 0. The molecule has 0 aliphatic carbocycles. The second-order valence-corrected chi connectivity index (χ2v) is 5.12. The molecular weight excluding hydrogens is 274 g/mol. The van der Waals surface area contributed by atoms with E-state index in [1.165, 1.54) is 0 Å². The molecule has 0 unspecified atom stereocenters. The van der Waals surface area contributed by atoms with Crippen LogP contribution in [0, 0.1) is 0 Å². The Morgan fingerprint density at radius 3 is 2.64 bits per heavy atom. The van der Waals surface area contributed by atoms with E-state index in [-0.39, 0.29) is 0 Å². The fourth-order valence-electron chi connectivity index (χ4n) is 2.17. The van der Waals surface area contributed by atoms with E-state index in [4.69, 9.17) is 9.47 Å². The standard InChI is InChI=1S/C19H25NO2/c1-3-5-13-22-18-11-8-10-17(14-18)20-15-16-9-6-7-12-19(16)21-4-2/h6-12,14,20H,3-5,13,15H2,1-2H3. The normalized spacial score (nSPS) is 10.3. The zero-order valence-electron chi connectivity index (χ0n) is 13.5. The Morgan fingerprint density at radius 1 is 0.955 bits per heavy atom. The van der Waals surface area contributed by atoms with Crippen molar-refractivity contribution in [3.05, 3.63) is 54.1 Å². The fourth-order valence-corrected chi connectivity index (χ4v) is 2.17. The maximum atomic E-state index is 5.74. The van der Waals surface area contributed by atoms with Crippen LogP contribution in [-0.4, -0.2) is 13.2 Å². The van der Waals surface area contributed by atoms with E-state index in [9.17, 15) is 0 Å². The third-order valence-electron chi connectivity index (χ3n) is 3.36. The smallest absolute Gasteiger partial charge is 0.124 e. The highest BCUT2D eigenvalue weighted by atomic mass is 16.5. The van der Waals surface area contributed by atoms with Crippen LogP contribution in [0.15, 0.2) is 48.5 Å². The molecule has 118 valence electrons. The van der Waals surface area contributed by atoms with Crippen LogP contribution in [0.3, 0.4) is 0 Å². The molecule has 0 aromatic heterocycles. The van der Waals surface area contributed by atoms with Gasteiger partial charge in [-0.2, -0.15) is 0 Å². The first-order valence-electron chi connectivity index (χ1n) is 8.01. The molecule has 3 nitrogen and oxygen atoms in total. The highest BCUT2D eigenvalue weighted by molar-refractivity contribution is 5.49. The van der Waals surface area contributed by atoms with Crippen LogP contribution in [0.2, 0.25) is 0 Å². The van der Waals surface area contributed by atoms with E-state index >= 15 is 0 Å². The topological polar surface area (TPSA) is 30.5 Å². The maximum Gasteiger partial charge on any atom is 0.124 e. The Morgan fingerprint density at radius 2 is 1.82 bits per heavy atom. The van der Waals surface area contributed by atoms with Crippen LogP contribution in [0.4, 0.5) is 5.69 Å². The summed E-state index contributed by atoms with van der Waals surface area (Å²) in [5, 5.41) is 3.43. The van der Waals surface area contributed by atoms with Gasteiger partial charge in [-0.1, -0.05) is 37.6 Å². The minimum atomic E-state index is 0.678. The lowest BCUT2D eigenvalue weighted by Gasteiger charge is -2.12. The van der Waals surface area contributed by atoms with Crippen molar-refractivity contribution in [3.8, 4) is 11.5 Å². The van der Waals surface area contributed by atoms with E-state index in [2.05, 4.69) is 24.4 Å². The van der Waals surface area contributed by atoms with Gasteiger partial charge in [-0.25, -0.2) is 0 Å². The van der Waals surface area contributed by atoms with Gasteiger partial charge in [-0.3, -0.25) is 0 Å². The summed E-state index contributed by atoms with van der Waals surface area (Å²) in [6.07, 6.45) is 2.23. The molecule has 0 aliphatic rings.